The van der Waals surface area contributed by atoms with Gasteiger partial charge in [-0.2, -0.15) is 13.2 Å². The predicted octanol–water partition coefficient (Wildman–Crippen LogP) is 2.78. The lowest BCUT2D eigenvalue weighted by Gasteiger charge is -2.10. The van der Waals surface area contributed by atoms with E-state index in [0.29, 0.717) is 11.1 Å². The maximum absolute atomic E-state index is 12.8. The highest BCUT2D eigenvalue weighted by Crippen LogP contribution is 2.17. The van der Waals surface area contributed by atoms with Gasteiger partial charge in [-0.05, 0) is 29.3 Å². The molecule has 25 heavy (non-hydrogen) atoms. The van der Waals surface area contributed by atoms with Crippen LogP contribution in [-0.2, 0) is 22.3 Å². The van der Waals surface area contributed by atoms with Gasteiger partial charge in [0.05, 0.1) is 5.75 Å². The van der Waals surface area contributed by atoms with Crippen molar-refractivity contribution in [3.63, 3.8) is 0 Å². The Balaban J connectivity index is 1.94. The summed E-state index contributed by atoms with van der Waals surface area (Å²) in [5.74, 6) is -1.08. The molecule has 1 aromatic heterocycles. The Labute approximate surface area is 141 Å². The smallest absolute Gasteiger partial charge is 0.422 e. The molecular weight excluding hydrogens is 364 g/mol. The maximum atomic E-state index is 12.8. The summed E-state index contributed by atoms with van der Waals surface area (Å²) < 4.78 is 80.0. The van der Waals surface area contributed by atoms with Gasteiger partial charge in [0, 0.05) is 18.8 Å². The zero-order chi connectivity index (χ0) is 18.5. The molecule has 0 amide bonds. The average Bonchev–Trinajstić information content (AvgIpc) is 2.53. The Hall–Kier alpha value is -2.20. The van der Waals surface area contributed by atoms with E-state index in [0.717, 1.165) is 12.1 Å². The molecule has 0 fully saturated rings. The van der Waals surface area contributed by atoms with Crippen molar-refractivity contribution in [2.75, 3.05) is 6.61 Å². The molecule has 0 saturated carbocycles. The highest BCUT2D eigenvalue weighted by molar-refractivity contribution is 7.88. The Morgan fingerprint density at radius 3 is 2.40 bits per heavy atom. The van der Waals surface area contributed by atoms with Gasteiger partial charge in [-0.3, -0.25) is 0 Å². The number of halogens is 4. The highest BCUT2D eigenvalue weighted by atomic mass is 32.2. The molecule has 2 rings (SSSR count). The fourth-order valence-corrected chi connectivity index (χ4v) is 2.96. The highest BCUT2D eigenvalue weighted by Gasteiger charge is 2.28. The summed E-state index contributed by atoms with van der Waals surface area (Å²) in [7, 11) is -3.71. The number of aromatic nitrogens is 1. The van der Waals surface area contributed by atoms with Gasteiger partial charge in [0.1, 0.15) is 5.82 Å². The molecule has 1 aromatic carbocycles. The summed E-state index contributed by atoms with van der Waals surface area (Å²) in [4.78, 5) is 3.63. The fourth-order valence-electron chi connectivity index (χ4n) is 1.84. The number of benzene rings is 1. The second-order valence-corrected chi connectivity index (χ2v) is 6.92. The standard InChI is InChI=1S/C15H14F4N2O3S/c16-13-3-1-11(2-4-13)9-25(22,23)21-8-12-5-6-20-14(7-12)24-10-15(17,18)19/h1-7,21H,8-10H2. The zero-order valence-electron chi connectivity index (χ0n) is 12.8. The number of alkyl halides is 3. The summed E-state index contributed by atoms with van der Waals surface area (Å²) in [6.45, 7) is -1.63. The van der Waals surface area contributed by atoms with E-state index in [4.69, 9.17) is 0 Å². The van der Waals surface area contributed by atoms with Gasteiger partial charge in [-0.15, -0.1) is 0 Å². The topological polar surface area (TPSA) is 68.3 Å². The predicted molar refractivity (Wildman–Crippen MR) is 81.7 cm³/mol. The number of rotatable bonds is 7. The van der Waals surface area contributed by atoms with Crippen LogP contribution in [0.3, 0.4) is 0 Å². The second-order valence-electron chi connectivity index (χ2n) is 5.11. The SMILES string of the molecule is O=S(=O)(Cc1ccc(F)cc1)NCc1ccnc(OCC(F)(F)F)c1. The van der Waals surface area contributed by atoms with Crippen LogP contribution in [0.2, 0.25) is 0 Å². The van der Waals surface area contributed by atoms with Crippen LogP contribution in [0, 0.1) is 5.82 Å². The van der Waals surface area contributed by atoms with Crippen LogP contribution < -0.4 is 9.46 Å². The van der Waals surface area contributed by atoms with Crippen molar-refractivity contribution in [3.05, 3.63) is 59.5 Å². The van der Waals surface area contributed by atoms with Crippen LogP contribution in [0.1, 0.15) is 11.1 Å². The molecule has 10 heteroatoms. The molecule has 0 saturated heterocycles. The van der Waals surface area contributed by atoms with Crippen LogP contribution in [-0.4, -0.2) is 26.2 Å². The van der Waals surface area contributed by atoms with Crippen molar-refractivity contribution in [2.45, 2.75) is 18.5 Å². The first-order valence-electron chi connectivity index (χ1n) is 6.99. The van der Waals surface area contributed by atoms with Crippen molar-refractivity contribution in [1.29, 1.82) is 0 Å². The summed E-state index contributed by atoms with van der Waals surface area (Å²) >= 11 is 0. The van der Waals surface area contributed by atoms with Crippen LogP contribution >= 0.6 is 0 Å². The first-order chi connectivity index (χ1) is 11.6. The number of hydrogen-bond donors (Lipinski definition) is 1. The number of sulfonamides is 1. The van der Waals surface area contributed by atoms with Gasteiger partial charge in [-0.1, -0.05) is 12.1 Å². The minimum atomic E-state index is -4.49. The molecular formula is C15H14F4N2O3S. The molecule has 5 nitrogen and oxygen atoms in total. The lowest BCUT2D eigenvalue weighted by atomic mass is 10.2. The van der Waals surface area contributed by atoms with Crippen molar-refractivity contribution >= 4 is 10.0 Å². The third-order valence-electron chi connectivity index (χ3n) is 2.95. The number of nitrogens with zero attached hydrogens (tertiary/aromatic N) is 1. The summed E-state index contributed by atoms with van der Waals surface area (Å²) in [6, 6.07) is 7.66. The first-order valence-corrected chi connectivity index (χ1v) is 8.64. The molecule has 0 atom stereocenters. The number of pyridine rings is 1. The van der Waals surface area contributed by atoms with Crippen molar-refractivity contribution in [2.24, 2.45) is 0 Å². The van der Waals surface area contributed by atoms with Crippen molar-refractivity contribution in [1.82, 2.24) is 9.71 Å². The molecule has 0 bridgehead atoms. The third kappa shape index (κ3) is 7.06. The van der Waals surface area contributed by atoms with Crippen LogP contribution in [0.15, 0.2) is 42.6 Å². The lowest BCUT2D eigenvalue weighted by molar-refractivity contribution is -0.154. The van der Waals surface area contributed by atoms with E-state index >= 15 is 0 Å². The Bertz CT molecular complexity index is 808. The van der Waals surface area contributed by atoms with Crippen molar-refractivity contribution in [3.8, 4) is 5.88 Å². The summed E-state index contributed by atoms with van der Waals surface area (Å²) in [5.41, 5.74) is 0.785. The van der Waals surface area contributed by atoms with Gasteiger partial charge < -0.3 is 4.74 Å². The molecule has 2 aromatic rings. The van der Waals surface area contributed by atoms with E-state index in [9.17, 15) is 26.0 Å². The Kier molecular flexibility index (Phi) is 5.96. The monoisotopic (exact) mass is 378 g/mol. The zero-order valence-corrected chi connectivity index (χ0v) is 13.6. The molecule has 1 N–H and O–H groups in total. The molecule has 0 spiro atoms. The average molecular weight is 378 g/mol. The molecule has 1 heterocycles. The minimum absolute atomic E-state index is 0.144. The number of ether oxygens (including phenoxy) is 1. The molecule has 0 aliphatic heterocycles. The van der Waals surface area contributed by atoms with E-state index < -0.39 is 28.6 Å². The van der Waals surface area contributed by atoms with Crippen LogP contribution in [0.25, 0.3) is 0 Å². The van der Waals surface area contributed by atoms with Gasteiger partial charge in [0.2, 0.25) is 15.9 Å². The van der Waals surface area contributed by atoms with Gasteiger partial charge in [0.25, 0.3) is 0 Å². The van der Waals surface area contributed by atoms with E-state index in [1.807, 2.05) is 0 Å². The van der Waals surface area contributed by atoms with Crippen molar-refractivity contribution < 1.29 is 30.7 Å². The lowest BCUT2D eigenvalue weighted by Crippen LogP contribution is -2.25. The Morgan fingerprint density at radius 2 is 1.76 bits per heavy atom. The molecule has 0 radical (unpaired) electrons. The summed E-state index contributed by atoms with van der Waals surface area (Å²) in [5, 5.41) is 0. The van der Waals surface area contributed by atoms with E-state index in [2.05, 4.69) is 14.4 Å². The molecule has 136 valence electrons. The van der Waals surface area contributed by atoms with Gasteiger partial charge >= 0.3 is 6.18 Å². The quantitative estimate of drug-likeness (QED) is 0.753. The van der Waals surface area contributed by atoms with Gasteiger partial charge in [0.15, 0.2) is 6.61 Å². The largest absolute Gasteiger partial charge is 0.468 e. The van der Waals surface area contributed by atoms with Gasteiger partial charge in [-0.25, -0.2) is 22.5 Å². The van der Waals surface area contributed by atoms with E-state index in [1.165, 1.54) is 30.5 Å². The van der Waals surface area contributed by atoms with E-state index in [1.54, 1.807) is 0 Å². The van der Waals surface area contributed by atoms with E-state index in [-0.39, 0.29) is 18.2 Å². The second kappa shape index (κ2) is 7.79. The molecule has 0 unspecified atom stereocenters. The summed E-state index contributed by atoms with van der Waals surface area (Å²) in [6.07, 6.45) is -3.27. The van der Waals surface area contributed by atoms with Crippen LogP contribution in [0.4, 0.5) is 17.6 Å². The number of nitrogens with one attached hydrogen (secondary N) is 1. The maximum Gasteiger partial charge on any atom is 0.422 e. The molecule has 0 aliphatic rings. The number of hydrogen-bond acceptors (Lipinski definition) is 4. The first kappa shape index (κ1) is 19.1. The van der Waals surface area contributed by atoms with Crippen LogP contribution in [0.5, 0.6) is 5.88 Å². The third-order valence-corrected chi connectivity index (χ3v) is 4.25. The Morgan fingerprint density at radius 1 is 1.08 bits per heavy atom. The normalized spacial score (nSPS) is 12.2. The fraction of sp³-hybridized carbons (Fsp3) is 0.267. The molecule has 0 aliphatic carbocycles. The minimum Gasteiger partial charge on any atom is -0.468 e.